The lowest BCUT2D eigenvalue weighted by Gasteiger charge is -2.04. The molecular formula is C15H12FN3O3. The molecule has 22 heavy (non-hydrogen) atoms. The van der Waals surface area contributed by atoms with Gasteiger partial charge in [0.1, 0.15) is 5.69 Å². The van der Waals surface area contributed by atoms with E-state index in [9.17, 15) is 14.6 Å². The van der Waals surface area contributed by atoms with E-state index in [0.717, 1.165) is 0 Å². The molecule has 0 saturated heterocycles. The first-order valence-corrected chi connectivity index (χ1v) is 6.37. The number of phenolic OH excluding ortho intramolecular Hbond substituents is 2. The first-order chi connectivity index (χ1) is 10.6. The molecule has 3 rings (SSSR count). The molecule has 0 fully saturated rings. The maximum atomic E-state index is 13.7. The number of methoxy groups -OCH3 is 1. The Morgan fingerprint density at radius 1 is 1.09 bits per heavy atom. The SMILES string of the molecule is COc1ccc(-n2cc(-c3ccc(O)c(O)c3)nn2)cc1F. The van der Waals surface area contributed by atoms with Crippen LogP contribution in [0.5, 0.6) is 17.2 Å². The van der Waals surface area contributed by atoms with E-state index >= 15 is 0 Å². The van der Waals surface area contributed by atoms with Gasteiger partial charge in [-0.1, -0.05) is 5.21 Å². The maximum absolute atomic E-state index is 13.7. The zero-order valence-corrected chi connectivity index (χ0v) is 11.6. The van der Waals surface area contributed by atoms with Gasteiger partial charge in [0.15, 0.2) is 23.1 Å². The van der Waals surface area contributed by atoms with Crippen molar-refractivity contribution in [2.45, 2.75) is 0 Å². The van der Waals surface area contributed by atoms with Crippen LogP contribution in [0.4, 0.5) is 4.39 Å². The third-order valence-corrected chi connectivity index (χ3v) is 3.16. The van der Waals surface area contributed by atoms with Gasteiger partial charge in [-0.3, -0.25) is 0 Å². The molecule has 0 bridgehead atoms. The Morgan fingerprint density at radius 3 is 2.59 bits per heavy atom. The lowest BCUT2D eigenvalue weighted by molar-refractivity contribution is 0.386. The number of hydrogen-bond donors (Lipinski definition) is 2. The Bertz CT molecular complexity index is 833. The van der Waals surface area contributed by atoms with Gasteiger partial charge in [-0.2, -0.15) is 0 Å². The fraction of sp³-hybridized carbons (Fsp3) is 0.0667. The van der Waals surface area contributed by atoms with Crippen molar-refractivity contribution in [3.63, 3.8) is 0 Å². The second-order valence-corrected chi connectivity index (χ2v) is 4.57. The zero-order chi connectivity index (χ0) is 15.7. The van der Waals surface area contributed by atoms with Gasteiger partial charge in [-0.15, -0.1) is 5.10 Å². The van der Waals surface area contributed by atoms with E-state index in [2.05, 4.69) is 10.3 Å². The van der Waals surface area contributed by atoms with Crippen molar-refractivity contribution in [3.05, 3.63) is 48.4 Å². The summed E-state index contributed by atoms with van der Waals surface area (Å²) in [4.78, 5) is 0. The highest BCUT2D eigenvalue weighted by molar-refractivity contribution is 5.62. The number of aromatic hydroxyl groups is 2. The zero-order valence-electron chi connectivity index (χ0n) is 11.6. The summed E-state index contributed by atoms with van der Waals surface area (Å²) in [5.41, 5.74) is 1.54. The number of phenols is 2. The van der Waals surface area contributed by atoms with Crippen LogP contribution < -0.4 is 4.74 Å². The van der Waals surface area contributed by atoms with E-state index < -0.39 is 5.82 Å². The molecule has 0 amide bonds. The van der Waals surface area contributed by atoms with Gasteiger partial charge < -0.3 is 14.9 Å². The summed E-state index contributed by atoms with van der Waals surface area (Å²) in [6.45, 7) is 0. The highest BCUT2D eigenvalue weighted by Gasteiger charge is 2.10. The van der Waals surface area contributed by atoms with Crippen LogP contribution in [0.15, 0.2) is 42.6 Å². The highest BCUT2D eigenvalue weighted by Crippen LogP contribution is 2.29. The minimum absolute atomic E-state index is 0.146. The molecule has 2 aromatic carbocycles. The average Bonchev–Trinajstić information content (AvgIpc) is 3.00. The van der Waals surface area contributed by atoms with Crippen molar-refractivity contribution in [1.29, 1.82) is 0 Å². The number of ether oxygens (including phenoxy) is 1. The number of hydrogen-bond acceptors (Lipinski definition) is 5. The molecule has 0 aliphatic rings. The van der Waals surface area contributed by atoms with Gasteiger partial charge in [0.05, 0.1) is 19.0 Å². The molecule has 0 saturated carbocycles. The van der Waals surface area contributed by atoms with Crippen LogP contribution in [0.2, 0.25) is 0 Å². The summed E-state index contributed by atoms with van der Waals surface area (Å²) in [6, 6.07) is 8.76. The Hall–Kier alpha value is -3.09. The average molecular weight is 301 g/mol. The van der Waals surface area contributed by atoms with Gasteiger partial charge in [-0.25, -0.2) is 9.07 Å². The van der Waals surface area contributed by atoms with Crippen LogP contribution in [0.3, 0.4) is 0 Å². The predicted octanol–water partition coefficient (Wildman–Crippen LogP) is 2.49. The first-order valence-electron chi connectivity index (χ1n) is 6.37. The Kier molecular flexibility index (Phi) is 3.38. The quantitative estimate of drug-likeness (QED) is 0.726. The molecule has 1 heterocycles. The molecule has 0 radical (unpaired) electrons. The van der Waals surface area contributed by atoms with Crippen LogP contribution in [-0.2, 0) is 0 Å². The van der Waals surface area contributed by atoms with E-state index in [1.807, 2.05) is 0 Å². The van der Waals surface area contributed by atoms with Crippen LogP contribution in [-0.4, -0.2) is 32.3 Å². The largest absolute Gasteiger partial charge is 0.504 e. The molecule has 6 nitrogen and oxygen atoms in total. The van der Waals surface area contributed by atoms with Crippen LogP contribution in [0.1, 0.15) is 0 Å². The predicted molar refractivity (Wildman–Crippen MR) is 76.6 cm³/mol. The molecule has 0 aliphatic carbocycles. The minimum Gasteiger partial charge on any atom is -0.504 e. The van der Waals surface area contributed by atoms with Gasteiger partial charge in [0.2, 0.25) is 0 Å². The van der Waals surface area contributed by atoms with Crippen molar-refractivity contribution < 1.29 is 19.3 Å². The van der Waals surface area contributed by atoms with Gasteiger partial charge in [0, 0.05) is 11.6 Å². The van der Waals surface area contributed by atoms with E-state index in [-0.39, 0.29) is 17.2 Å². The number of aromatic nitrogens is 3. The van der Waals surface area contributed by atoms with Gasteiger partial charge >= 0.3 is 0 Å². The van der Waals surface area contributed by atoms with E-state index in [4.69, 9.17) is 4.74 Å². The monoisotopic (exact) mass is 301 g/mol. The molecule has 0 unspecified atom stereocenters. The first kappa shape index (κ1) is 13.9. The second-order valence-electron chi connectivity index (χ2n) is 4.57. The second kappa shape index (κ2) is 5.36. The lowest BCUT2D eigenvalue weighted by atomic mass is 10.1. The third-order valence-electron chi connectivity index (χ3n) is 3.16. The van der Waals surface area contributed by atoms with Crippen LogP contribution in [0.25, 0.3) is 16.9 Å². The summed E-state index contributed by atoms with van der Waals surface area (Å²) >= 11 is 0. The summed E-state index contributed by atoms with van der Waals surface area (Å²) in [6.07, 6.45) is 1.59. The summed E-state index contributed by atoms with van der Waals surface area (Å²) in [5, 5.41) is 26.7. The van der Waals surface area contributed by atoms with Crippen molar-refractivity contribution in [3.8, 4) is 34.2 Å². The maximum Gasteiger partial charge on any atom is 0.167 e. The number of rotatable bonds is 3. The van der Waals surface area contributed by atoms with Crippen LogP contribution >= 0.6 is 0 Å². The molecule has 3 aromatic rings. The molecule has 0 spiro atoms. The molecule has 2 N–H and O–H groups in total. The van der Waals surface area contributed by atoms with Crippen molar-refractivity contribution in [2.75, 3.05) is 7.11 Å². The summed E-state index contributed by atoms with van der Waals surface area (Å²) in [7, 11) is 1.39. The van der Waals surface area contributed by atoms with Crippen molar-refractivity contribution in [2.24, 2.45) is 0 Å². The van der Waals surface area contributed by atoms with Gasteiger partial charge in [0.25, 0.3) is 0 Å². The molecule has 1 aromatic heterocycles. The third kappa shape index (κ3) is 2.44. The van der Waals surface area contributed by atoms with Crippen LogP contribution in [0, 0.1) is 5.82 Å². The number of nitrogens with zero attached hydrogens (tertiary/aromatic N) is 3. The van der Waals surface area contributed by atoms with Crippen molar-refractivity contribution in [1.82, 2.24) is 15.0 Å². The highest BCUT2D eigenvalue weighted by atomic mass is 19.1. The summed E-state index contributed by atoms with van der Waals surface area (Å²) < 4.78 is 20.0. The Balaban J connectivity index is 1.96. The fourth-order valence-electron chi connectivity index (χ4n) is 2.00. The smallest absolute Gasteiger partial charge is 0.167 e. The number of halogens is 1. The molecular weight excluding hydrogens is 289 g/mol. The van der Waals surface area contributed by atoms with E-state index in [0.29, 0.717) is 16.9 Å². The Morgan fingerprint density at radius 2 is 1.91 bits per heavy atom. The van der Waals surface area contributed by atoms with Gasteiger partial charge in [-0.05, 0) is 30.3 Å². The lowest BCUT2D eigenvalue weighted by Crippen LogP contribution is -1.97. The molecule has 0 aliphatic heterocycles. The fourth-order valence-corrected chi connectivity index (χ4v) is 2.00. The molecule has 0 atom stereocenters. The Labute approximate surface area is 125 Å². The van der Waals surface area contributed by atoms with E-state index in [1.54, 1.807) is 18.3 Å². The van der Waals surface area contributed by atoms with Crippen molar-refractivity contribution >= 4 is 0 Å². The standard InChI is InChI=1S/C15H12FN3O3/c1-22-15-5-3-10(7-11(15)16)19-8-12(17-18-19)9-2-4-13(20)14(21)6-9/h2-8,20-21H,1H3. The topological polar surface area (TPSA) is 80.4 Å². The normalized spacial score (nSPS) is 10.6. The van der Waals surface area contributed by atoms with E-state index in [1.165, 1.54) is 36.1 Å². The number of benzene rings is 2. The molecule has 112 valence electrons. The molecule has 7 heteroatoms. The summed E-state index contributed by atoms with van der Waals surface area (Å²) in [5.74, 6) is -0.817. The minimum atomic E-state index is -0.501.